The van der Waals surface area contributed by atoms with E-state index in [0.717, 1.165) is 0 Å². The summed E-state index contributed by atoms with van der Waals surface area (Å²) in [6, 6.07) is 4.67. The lowest BCUT2D eigenvalue weighted by atomic mass is 10.0. The number of carbonyl (C=O) groups is 1. The largest absolute Gasteiger partial charge is 0.324 e. The average Bonchev–Trinajstić information content (AvgIpc) is 2.16. The number of hydrogen-bond donors (Lipinski definition) is 1. The van der Waals surface area contributed by atoms with Gasteiger partial charge >= 0.3 is 0 Å². The summed E-state index contributed by atoms with van der Waals surface area (Å²) in [4.78, 5) is 11.2. The normalized spacial score (nSPS) is 10.1. The average molecular weight is 202 g/mol. The number of rotatable bonds is 3. The van der Waals surface area contributed by atoms with Crippen LogP contribution in [0.3, 0.4) is 0 Å². The minimum atomic E-state index is -0.749. The van der Waals surface area contributed by atoms with Crippen molar-refractivity contribution in [2.24, 2.45) is 5.73 Å². The molecule has 0 spiro atoms. The summed E-state index contributed by atoms with van der Waals surface area (Å²) in [6.07, 6.45) is 0. The molecule has 0 saturated heterocycles. The van der Waals surface area contributed by atoms with Gasteiger partial charge in [0.25, 0.3) is 0 Å². The topological polar surface area (TPSA) is 43.1 Å². The molecule has 0 fully saturated rings. The highest BCUT2D eigenvalue weighted by atomic mass is 35.5. The fourth-order valence-corrected chi connectivity index (χ4v) is 1.29. The van der Waals surface area contributed by atoms with Gasteiger partial charge in [-0.3, -0.25) is 4.79 Å². The van der Waals surface area contributed by atoms with Crippen LogP contribution < -0.4 is 5.73 Å². The van der Waals surface area contributed by atoms with Crippen LogP contribution in [0.25, 0.3) is 0 Å². The van der Waals surface area contributed by atoms with E-state index < -0.39 is 6.67 Å². The van der Waals surface area contributed by atoms with Gasteiger partial charge in [-0.25, -0.2) is 4.39 Å². The maximum Gasteiger partial charge on any atom is 0.176 e. The molecule has 0 aliphatic carbocycles. The SMILES string of the molecule is NCC(=O)c1cccc(Cl)c1CF. The van der Waals surface area contributed by atoms with Crippen LogP contribution >= 0.6 is 11.6 Å². The van der Waals surface area contributed by atoms with Crippen LogP contribution in [-0.2, 0) is 6.67 Å². The van der Waals surface area contributed by atoms with E-state index >= 15 is 0 Å². The Kier molecular flexibility index (Phi) is 3.39. The monoisotopic (exact) mass is 201 g/mol. The molecule has 2 nitrogen and oxygen atoms in total. The molecule has 70 valence electrons. The summed E-state index contributed by atoms with van der Waals surface area (Å²) in [6.45, 7) is -0.881. The minimum Gasteiger partial charge on any atom is -0.324 e. The Morgan fingerprint density at radius 3 is 2.77 bits per heavy atom. The van der Waals surface area contributed by atoms with E-state index in [1.54, 1.807) is 12.1 Å². The molecule has 2 N–H and O–H groups in total. The molecule has 0 radical (unpaired) electrons. The van der Waals surface area contributed by atoms with Crippen molar-refractivity contribution < 1.29 is 9.18 Å². The van der Waals surface area contributed by atoms with E-state index in [0.29, 0.717) is 0 Å². The summed E-state index contributed by atoms with van der Waals surface area (Å²) >= 11 is 5.70. The van der Waals surface area contributed by atoms with Gasteiger partial charge in [0, 0.05) is 16.1 Å². The second-order valence-electron chi connectivity index (χ2n) is 2.53. The van der Waals surface area contributed by atoms with E-state index in [9.17, 15) is 9.18 Å². The number of hydrogen-bond acceptors (Lipinski definition) is 2. The van der Waals surface area contributed by atoms with Gasteiger partial charge in [0.1, 0.15) is 6.67 Å². The van der Waals surface area contributed by atoms with Crippen LogP contribution in [0.2, 0.25) is 5.02 Å². The summed E-state index contributed by atoms with van der Waals surface area (Å²) in [5.41, 5.74) is 5.66. The molecule has 1 aromatic rings. The highest BCUT2D eigenvalue weighted by Gasteiger charge is 2.11. The van der Waals surface area contributed by atoms with Crippen LogP contribution in [0, 0.1) is 0 Å². The van der Waals surface area contributed by atoms with Crippen molar-refractivity contribution >= 4 is 17.4 Å². The van der Waals surface area contributed by atoms with Crippen LogP contribution in [0.1, 0.15) is 15.9 Å². The fraction of sp³-hybridized carbons (Fsp3) is 0.222. The third-order valence-corrected chi connectivity index (χ3v) is 2.09. The van der Waals surface area contributed by atoms with Crippen molar-refractivity contribution in [3.63, 3.8) is 0 Å². The number of ketones is 1. The van der Waals surface area contributed by atoms with Gasteiger partial charge in [0.05, 0.1) is 6.54 Å². The maximum absolute atomic E-state index is 12.5. The zero-order valence-corrected chi connectivity index (χ0v) is 7.64. The van der Waals surface area contributed by atoms with Crippen LogP contribution in [0.15, 0.2) is 18.2 Å². The van der Waals surface area contributed by atoms with Gasteiger partial charge < -0.3 is 5.73 Å². The predicted molar refractivity (Wildman–Crippen MR) is 49.6 cm³/mol. The third-order valence-electron chi connectivity index (χ3n) is 1.74. The van der Waals surface area contributed by atoms with Gasteiger partial charge in [-0.1, -0.05) is 23.7 Å². The van der Waals surface area contributed by atoms with Crippen molar-refractivity contribution in [3.8, 4) is 0 Å². The van der Waals surface area contributed by atoms with Gasteiger partial charge in [0.15, 0.2) is 5.78 Å². The summed E-state index contributed by atoms with van der Waals surface area (Å²) in [5, 5.41) is 0.266. The number of halogens is 2. The molecule has 1 rings (SSSR count). The Bertz CT molecular complexity index is 327. The lowest BCUT2D eigenvalue weighted by Crippen LogP contribution is -2.15. The Morgan fingerprint density at radius 2 is 2.23 bits per heavy atom. The Balaban J connectivity index is 3.20. The molecule has 0 unspecified atom stereocenters. The summed E-state index contributed by atoms with van der Waals surface area (Å²) in [7, 11) is 0. The second kappa shape index (κ2) is 4.35. The van der Waals surface area contributed by atoms with Crippen LogP contribution in [0.4, 0.5) is 4.39 Å². The first-order valence-electron chi connectivity index (χ1n) is 3.77. The number of nitrogens with two attached hydrogens (primary N) is 1. The van der Waals surface area contributed by atoms with Gasteiger partial charge in [0.2, 0.25) is 0 Å². The maximum atomic E-state index is 12.5. The van der Waals surface area contributed by atoms with E-state index in [4.69, 9.17) is 17.3 Å². The number of carbonyl (C=O) groups excluding carboxylic acids is 1. The van der Waals surface area contributed by atoms with Crippen LogP contribution in [-0.4, -0.2) is 12.3 Å². The number of Topliss-reactive ketones (excluding diaryl/α,β-unsaturated/α-hetero) is 1. The molecule has 0 saturated carbocycles. The second-order valence-corrected chi connectivity index (χ2v) is 2.93. The zero-order chi connectivity index (χ0) is 9.84. The van der Waals surface area contributed by atoms with Gasteiger partial charge in [-0.05, 0) is 6.07 Å². The first-order valence-corrected chi connectivity index (χ1v) is 4.15. The molecule has 4 heteroatoms. The van der Waals surface area contributed by atoms with Crippen molar-refractivity contribution in [2.45, 2.75) is 6.67 Å². The molecular weight excluding hydrogens is 193 g/mol. The lowest BCUT2D eigenvalue weighted by molar-refractivity contribution is 0.0999. The lowest BCUT2D eigenvalue weighted by Gasteiger charge is -2.05. The molecule has 1 aromatic carbocycles. The van der Waals surface area contributed by atoms with E-state index in [1.165, 1.54) is 6.07 Å². The van der Waals surface area contributed by atoms with E-state index in [2.05, 4.69) is 0 Å². The molecule has 0 aromatic heterocycles. The molecule has 0 aliphatic heterocycles. The predicted octanol–water partition coefficient (Wildman–Crippen LogP) is 1.95. The van der Waals surface area contributed by atoms with Gasteiger partial charge in [-0.15, -0.1) is 0 Å². The Labute approximate surface area is 80.5 Å². The zero-order valence-electron chi connectivity index (χ0n) is 6.89. The molecule has 0 atom stereocenters. The molecular formula is C9H9ClFNO. The summed E-state index contributed by atoms with van der Waals surface area (Å²) in [5.74, 6) is -0.296. The third kappa shape index (κ3) is 2.05. The first kappa shape index (κ1) is 10.2. The highest BCUT2D eigenvalue weighted by Crippen LogP contribution is 2.21. The highest BCUT2D eigenvalue weighted by molar-refractivity contribution is 6.31. The molecule has 0 bridgehead atoms. The quantitative estimate of drug-likeness (QED) is 0.760. The Morgan fingerprint density at radius 1 is 1.54 bits per heavy atom. The standard InChI is InChI=1S/C9H9ClFNO/c10-8-3-1-2-6(7(8)4-11)9(13)5-12/h1-3H,4-5,12H2. The first-order chi connectivity index (χ1) is 6.20. The number of benzene rings is 1. The van der Waals surface area contributed by atoms with Crippen molar-refractivity contribution in [1.82, 2.24) is 0 Å². The summed E-state index contributed by atoms with van der Waals surface area (Å²) < 4.78 is 12.5. The smallest absolute Gasteiger partial charge is 0.176 e. The molecule has 13 heavy (non-hydrogen) atoms. The van der Waals surface area contributed by atoms with Crippen molar-refractivity contribution in [3.05, 3.63) is 34.3 Å². The van der Waals surface area contributed by atoms with Crippen LogP contribution in [0.5, 0.6) is 0 Å². The minimum absolute atomic E-state index is 0.132. The molecule has 0 amide bonds. The Hall–Kier alpha value is -0.930. The van der Waals surface area contributed by atoms with Crippen molar-refractivity contribution in [1.29, 1.82) is 0 Å². The van der Waals surface area contributed by atoms with E-state index in [-0.39, 0.29) is 28.5 Å². The molecule has 0 aliphatic rings. The fourth-order valence-electron chi connectivity index (χ4n) is 1.07. The number of alkyl halides is 1. The van der Waals surface area contributed by atoms with E-state index in [1.807, 2.05) is 0 Å². The molecule has 0 heterocycles. The van der Waals surface area contributed by atoms with Crippen molar-refractivity contribution in [2.75, 3.05) is 6.54 Å². The van der Waals surface area contributed by atoms with Gasteiger partial charge in [-0.2, -0.15) is 0 Å².